The Morgan fingerprint density at radius 3 is 2.83 bits per heavy atom. The highest BCUT2D eigenvalue weighted by atomic mass is 32.1. The van der Waals surface area contributed by atoms with E-state index in [9.17, 15) is 4.79 Å². The van der Waals surface area contributed by atoms with Crippen LogP contribution in [0.2, 0.25) is 0 Å². The minimum Gasteiger partial charge on any atom is -0.379 e. The maximum absolute atomic E-state index is 12.5. The topological polar surface area (TPSA) is 54.5 Å². The van der Waals surface area contributed by atoms with Gasteiger partial charge in [-0.05, 0) is 42.7 Å². The van der Waals surface area contributed by atoms with Crippen LogP contribution in [0.5, 0.6) is 0 Å². The number of rotatable bonds is 6. The summed E-state index contributed by atoms with van der Waals surface area (Å²) in [6.07, 6.45) is 0.275. The zero-order chi connectivity index (χ0) is 20.9. The van der Waals surface area contributed by atoms with Gasteiger partial charge in [0.2, 0.25) is 5.91 Å². The minimum atomic E-state index is -0.0402. The number of hydrogen-bond donors (Lipinski definition) is 1. The average molecular weight is 422 g/mol. The van der Waals surface area contributed by atoms with E-state index in [0.29, 0.717) is 0 Å². The smallest absolute Gasteiger partial charge is 0.230 e. The molecule has 0 radical (unpaired) electrons. The number of nitrogens with one attached hydrogen (secondary N) is 1. The third-order valence-corrected chi connectivity index (χ3v) is 6.18. The number of aromatic nitrogens is 1. The van der Waals surface area contributed by atoms with Gasteiger partial charge in [-0.1, -0.05) is 30.3 Å². The molecule has 5 nitrogen and oxygen atoms in total. The summed E-state index contributed by atoms with van der Waals surface area (Å²) >= 11 is 1.59. The van der Waals surface area contributed by atoms with Gasteiger partial charge >= 0.3 is 0 Å². The zero-order valence-electron chi connectivity index (χ0n) is 17.5. The molecule has 4 rings (SSSR count). The maximum Gasteiger partial charge on any atom is 0.230 e. The quantitative estimate of drug-likeness (QED) is 0.639. The Hall–Kier alpha value is -2.54. The summed E-state index contributed by atoms with van der Waals surface area (Å²) in [6, 6.07) is 14.6. The van der Waals surface area contributed by atoms with Crippen molar-refractivity contribution in [3.05, 3.63) is 70.2 Å². The number of thiazole rings is 1. The summed E-state index contributed by atoms with van der Waals surface area (Å²) in [5.41, 5.74) is 6.24. The van der Waals surface area contributed by atoms with Crippen molar-refractivity contribution in [2.45, 2.75) is 26.8 Å². The molecular weight excluding hydrogens is 394 g/mol. The van der Waals surface area contributed by atoms with E-state index in [0.717, 1.165) is 65.9 Å². The monoisotopic (exact) mass is 421 g/mol. The Bertz CT molecular complexity index is 1020. The van der Waals surface area contributed by atoms with Crippen LogP contribution in [0.4, 0.5) is 5.69 Å². The number of benzene rings is 2. The number of ether oxygens (including phenoxy) is 1. The molecule has 156 valence electrons. The normalized spacial score (nSPS) is 14.6. The van der Waals surface area contributed by atoms with Gasteiger partial charge in [0, 0.05) is 36.3 Å². The second-order valence-corrected chi connectivity index (χ2v) is 8.63. The molecule has 1 aliphatic rings. The lowest BCUT2D eigenvalue weighted by Gasteiger charge is -2.26. The predicted molar refractivity (Wildman–Crippen MR) is 122 cm³/mol. The van der Waals surface area contributed by atoms with Gasteiger partial charge in [0.05, 0.1) is 25.3 Å². The number of nitrogens with zero attached hydrogens (tertiary/aromatic N) is 2. The van der Waals surface area contributed by atoms with Crippen LogP contribution in [-0.2, 0) is 22.5 Å². The summed E-state index contributed by atoms with van der Waals surface area (Å²) in [5, 5.41) is 5.94. The van der Waals surface area contributed by atoms with Gasteiger partial charge in [-0.15, -0.1) is 11.3 Å². The summed E-state index contributed by atoms with van der Waals surface area (Å²) in [4.78, 5) is 19.6. The fraction of sp³-hybridized carbons (Fsp3) is 0.333. The third-order valence-electron chi connectivity index (χ3n) is 5.24. The zero-order valence-corrected chi connectivity index (χ0v) is 18.3. The van der Waals surface area contributed by atoms with Crippen LogP contribution in [0, 0.1) is 13.8 Å². The van der Waals surface area contributed by atoms with Crippen molar-refractivity contribution in [3.63, 3.8) is 0 Å². The van der Waals surface area contributed by atoms with Crippen LogP contribution >= 0.6 is 11.3 Å². The van der Waals surface area contributed by atoms with Crippen molar-refractivity contribution in [2.24, 2.45) is 0 Å². The van der Waals surface area contributed by atoms with E-state index < -0.39 is 0 Å². The van der Waals surface area contributed by atoms with Gasteiger partial charge in [-0.25, -0.2) is 4.98 Å². The Balaban J connectivity index is 1.40. The molecule has 2 aromatic carbocycles. The minimum absolute atomic E-state index is 0.0402. The first-order valence-corrected chi connectivity index (χ1v) is 11.2. The number of anilines is 1. The van der Waals surface area contributed by atoms with E-state index >= 15 is 0 Å². The van der Waals surface area contributed by atoms with Crippen molar-refractivity contribution in [1.82, 2.24) is 9.88 Å². The Kier molecular flexibility index (Phi) is 6.57. The molecule has 0 unspecified atom stereocenters. The van der Waals surface area contributed by atoms with Crippen LogP contribution in [0.15, 0.2) is 47.8 Å². The molecule has 1 aromatic heterocycles. The maximum atomic E-state index is 12.5. The van der Waals surface area contributed by atoms with Gasteiger partial charge in [-0.2, -0.15) is 0 Å². The van der Waals surface area contributed by atoms with Crippen molar-refractivity contribution < 1.29 is 9.53 Å². The van der Waals surface area contributed by atoms with Crippen LogP contribution in [0.25, 0.3) is 10.6 Å². The fourth-order valence-electron chi connectivity index (χ4n) is 3.57. The SMILES string of the molecule is Cc1ccc(C)c(NC(=O)Cc2csc(-c3cccc(CN4CCOCC4)c3)n2)c1. The molecule has 1 N–H and O–H groups in total. The van der Waals surface area contributed by atoms with Gasteiger partial charge in [-0.3, -0.25) is 9.69 Å². The number of morpholine rings is 1. The molecule has 6 heteroatoms. The molecule has 0 saturated carbocycles. The summed E-state index contributed by atoms with van der Waals surface area (Å²) in [6.45, 7) is 8.50. The highest BCUT2D eigenvalue weighted by Gasteiger charge is 2.13. The molecule has 0 aliphatic carbocycles. The lowest BCUT2D eigenvalue weighted by atomic mass is 10.1. The Labute approximate surface area is 181 Å². The molecule has 0 atom stereocenters. The van der Waals surface area contributed by atoms with Crippen LogP contribution in [-0.4, -0.2) is 42.1 Å². The van der Waals surface area contributed by atoms with E-state index in [1.165, 1.54) is 5.56 Å². The molecule has 0 spiro atoms. The van der Waals surface area contributed by atoms with Crippen molar-refractivity contribution in [2.75, 3.05) is 31.6 Å². The van der Waals surface area contributed by atoms with Crippen LogP contribution in [0.1, 0.15) is 22.4 Å². The van der Waals surface area contributed by atoms with Gasteiger partial charge in [0.1, 0.15) is 5.01 Å². The van der Waals surface area contributed by atoms with Crippen molar-refractivity contribution in [1.29, 1.82) is 0 Å². The van der Waals surface area contributed by atoms with Crippen LogP contribution < -0.4 is 5.32 Å². The Morgan fingerprint density at radius 2 is 2.00 bits per heavy atom. The first-order chi connectivity index (χ1) is 14.6. The molecule has 1 fully saturated rings. The molecule has 1 amide bonds. The van der Waals surface area contributed by atoms with Crippen molar-refractivity contribution in [3.8, 4) is 10.6 Å². The fourth-order valence-corrected chi connectivity index (χ4v) is 4.39. The molecule has 1 aliphatic heterocycles. The highest BCUT2D eigenvalue weighted by molar-refractivity contribution is 7.13. The lowest BCUT2D eigenvalue weighted by Crippen LogP contribution is -2.35. The number of hydrogen-bond acceptors (Lipinski definition) is 5. The molecule has 30 heavy (non-hydrogen) atoms. The molecule has 2 heterocycles. The number of amides is 1. The van der Waals surface area contributed by atoms with E-state index in [4.69, 9.17) is 9.72 Å². The number of aryl methyl sites for hydroxylation is 2. The lowest BCUT2D eigenvalue weighted by molar-refractivity contribution is -0.115. The van der Waals surface area contributed by atoms with Crippen molar-refractivity contribution >= 4 is 22.9 Å². The largest absolute Gasteiger partial charge is 0.379 e. The molecule has 1 saturated heterocycles. The highest BCUT2D eigenvalue weighted by Crippen LogP contribution is 2.26. The van der Waals surface area contributed by atoms with E-state index in [1.54, 1.807) is 11.3 Å². The van der Waals surface area contributed by atoms with E-state index in [-0.39, 0.29) is 12.3 Å². The summed E-state index contributed by atoms with van der Waals surface area (Å²) in [5.74, 6) is -0.0402. The van der Waals surface area contributed by atoms with E-state index in [2.05, 4.69) is 34.5 Å². The molecule has 0 bridgehead atoms. The average Bonchev–Trinajstić information content (AvgIpc) is 3.20. The second-order valence-electron chi connectivity index (χ2n) is 7.78. The van der Waals surface area contributed by atoms with Crippen LogP contribution in [0.3, 0.4) is 0 Å². The van der Waals surface area contributed by atoms with Gasteiger partial charge in [0.15, 0.2) is 0 Å². The molecule has 3 aromatic rings. The number of carbonyl (C=O) groups excluding carboxylic acids is 1. The number of carbonyl (C=O) groups is 1. The summed E-state index contributed by atoms with van der Waals surface area (Å²) < 4.78 is 5.43. The summed E-state index contributed by atoms with van der Waals surface area (Å²) in [7, 11) is 0. The first kappa shape index (κ1) is 20.7. The van der Waals surface area contributed by atoms with Gasteiger partial charge in [0.25, 0.3) is 0 Å². The van der Waals surface area contributed by atoms with Gasteiger partial charge < -0.3 is 10.1 Å². The third kappa shape index (κ3) is 5.33. The molecular formula is C24H27N3O2S. The predicted octanol–water partition coefficient (Wildman–Crippen LogP) is 4.44. The standard InChI is InChI=1S/C24H27N3O2S/c1-17-6-7-18(2)22(12-17)26-23(28)14-21-16-30-24(25-21)20-5-3-4-19(13-20)15-27-8-10-29-11-9-27/h3-7,12-13,16H,8-11,14-15H2,1-2H3,(H,26,28). The first-order valence-electron chi connectivity index (χ1n) is 10.3. The van der Waals surface area contributed by atoms with E-state index in [1.807, 2.05) is 37.4 Å². The second kappa shape index (κ2) is 9.51. The Morgan fingerprint density at radius 1 is 1.17 bits per heavy atom.